The quantitative estimate of drug-likeness (QED) is 0.433. The standard InChI is InChI=1S/C17H24FN5.HI/c1-12-20-8-9-23(12)15-7-6-13(10-14(15)18)11-21-16(19-5)22-17(2,3)4;/h6-10H,11H2,1-5H3,(H2,19,21,22);1H. The van der Waals surface area contributed by atoms with Crippen molar-refractivity contribution in [3.63, 3.8) is 0 Å². The number of imidazole rings is 1. The highest BCUT2D eigenvalue weighted by molar-refractivity contribution is 14.0. The Bertz CT molecular complexity index is 703. The molecule has 24 heavy (non-hydrogen) atoms. The second kappa shape index (κ2) is 8.46. The third kappa shape index (κ3) is 5.47. The molecule has 0 unspecified atom stereocenters. The number of aliphatic imine (C=N–C) groups is 1. The molecule has 0 fully saturated rings. The average molecular weight is 445 g/mol. The zero-order valence-electron chi connectivity index (χ0n) is 14.7. The lowest BCUT2D eigenvalue weighted by atomic mass is 10.1. The average Bonchev–Trinajstić information content (AvgIpc) is 2.88. The highest BCUT2D eigenvalue weighted by Crippen LogP contribution is 2.16. The molecule has 1 heterocycles. The summed E-state index contributed by atoms with van der Waals surface area (Å²) in [5, 5.41) is 6.45. The largest absolute Gasteiger partial charge is 0.352 e. The first-order valence-corrected chi connectivity index (χ1v) is 7.58. The summed E-state index contributed by atoms with van der Waals surface area (Å²) in [4.78, 5) is 8.29. The van der Waals surface area contributed by atoms with Crippen LogP contribution in [0.5, 0.6) is 0 Å². The first kappa shape index (κ1) is 20.4. The highest BCUT2D eigenvalue weighted by Gasteiger charge is 2.12. The SMILES string of the molecule is CN=C(NCc1ccc(-n2ccnc2C)c(F)c1)NC(C)(C)C.I. The number of aryl methyl sites for hydroxylation is 1. The molecule has 0 aliphatic carbocycles. The van der Waals surface area contributed by atoms with E-state index in [0.717, 1.165) is 11.4 Å². The van der Waals surface area contributed by atoms with E-state index in [1.807, 2.05) is 13.0 Å². The zero-order chi connectivity index (χ0) is 17.0. The first-order chi connectivity index (χ1) is 10.8. The molecule has 1 aromatic carbocycles. The van der Waals surface area contributed by atoms with E-state index in [-0.39, 0.29) is 35.3 Å². The summed E-state index contributed by atoms with van der Waals surface area (Å²) >= 11 is 0. The van der Waals surface area contributed by atoms with Crippen molar-refractivity contribution in [2.45, 2.75) is 39.8 Å². The van der Waals surface area contributed by atoms with Gasteiger partial charge < -0.3 is 15.2 Å². The Morgan fingerprint density at radius 2 is 2.04 bits per heavy atom. The Morgan fingerprint density at radius 3 is 2.54 bits per heavy atom. The van der Waals surface area contributed by atoms with Gasteiger partial charge in [0, 0.05) is 31.5 Å². The molecule has 5 nitrogen and oxygen atoms in total. The summed E-state index contributed by atoms with van der Waals surface area (Å²) in [6.07, 6.45) is 3.41. The summed E-state index contributed by atoms with van der Waals surface area (Å²) in [7, 11) is 1.71. The number of halogens is 2. The van der Waals surface area contributed by atoms with Crippen LogP contribution in [0.15, 0.2) is 35.6 Å². The van der Waals surface area contributed by atoms with Crippen molar-refractivity contribution >= 4 is 29.9 Å². The minimum absolute atomic E-state index is 0. The van der Waals surface area contributed by atoms with Crippen molar-refractivity contribution in [3.8, 4) is 5.69 Å². The number of guanidine groups is 1. The number of nitrogens with zero attached hydrogens (tertiary/aromatic N) is 3. The van der Waals surface area contributed by atoms with Crippen LogP contribution in [-0.2, 0) is 6.54 Å². The monoisotopic (exact) mass is 445 g/mol. The van der Waals surface area contributed by atoms with Crippen LogP contribution in [0.1, 0.15) is 32.2 Å². The number of rotatable bonds is 3. The van der Waals surface area contributed by atoms with E-state index >= 15 is 0 Å². The Balaban J connectivity index is 0.00000288. The van der Waals surface area contributed by atoms with Gasteiger partial charge in [-0.2, -0.15) is 0 Å². The van der Waals surface area contributed by atoms with Gasteiger partial charge in [0.15, 0.2) is 5.96 Å². The second-order valence-corrected chi connectivity index (χ2v) is 6.43. The molecule has 2 N–H and O–H groups in total. The molecule has 0 amide bonds. The summed E-state index contributed by atoms with van der Waals surface area (Å²) < 4.78 is 16.1. The van der Waals surface area contributed by atoms with Crippen LogP contribution in [0.2, 0.25) is 0 Å². The van der Waals surface area contributed by atoms with Crippen molar-refractivity contribution < 1.29 is 4.39 Å². The maximum atomic E-state index is 14.3. The number of hydrogen-bond donors (Lipinski definition) is 2. The molecule has 132 valence electrons. The fourth-order valence-electron chi connectivity index (χ4n) is 2.21. The molecule has 0 spiro atoms. The molecule has 0 saturated heterocycles. The molecule has 0 bridgehead atoms. The normalized spacial score (nSPS) is 11.8. The van der Waals surface area contributed by atoms with Crippen LogP contribution in [-0.4, -0.2) is 28.1 Å². The third-order valence-corrected chi connectivity index (χ3v) is 3.27. The van der Waals surface area contributed by atoms with Crippen LogP contribution in [0.3, 0.4) is 0 Å². The summed E-state index contributed by atoms with van der Waals surface area (Å²) in [6, 6.07) is 5.20. The van der Waals surface area contributed by atoms with Gasteiger partial charge in [-0.15, -0.1) is 24.0 Å². The van der Waals surface area contributed by atoms with Crippen LogP contribution in [0.4, 0.5) is 4.39 Å². The molecular weight excluding hydrogens is 420 g/mol. The molecule has 7 heteroatoms. The number of aromatic nitrogens is 2. The molecule has 0 aliphatic rings. The Morgan fingerprint density at radius 1 is 1.33 bits per heavy atom. The van der Waals surface area contributed by atoms with Gasteiger partial charge in [-0.1, -0.05) is 6.07 Å². The minimum atomic E-state index is -0.274. The van der Waals surface area contributed by atoms with Crippen molar-refractivity contribution in [1.29, 1.82) is 0 Å². The molecule has 0 saturated carbocycles. The van der Waals surface area contributed by atoms with Crippen LogP contribution < -0.4 is 10.6 Å². The van der Waals surface area contributed by atoms with E-state index in [2.05, 4.69) is 41.4 Å². The van der Waals surface area contributed by atoms with Crippen LogP contribution in [0.25, 0.3) is 5.69 Å². The maximum Gasteiger partial charge on any atom is 0.191 e. The molecule has 2 rings (SSSR count). The molecule has 0 aliphatic heterocycles. The molecule has 1 aromatic heterocycles. The summed E-state index contributed by atoms with van der Waals surface area (Å²) in [5.74, 6) is 1.17. The Kier molecular flexibility index (Phi) is 7.19. The molecular formula is C17H25FIN5. The summed E-state index contributed by atoms with van der Waals surface area (Å²) in [6.45, 7) is 8.51. The number of benzene rings is 1. The van der Waals surface area contributed by atoms with Crippen LogP contribution in [0, 0.1) is 12.7 Å². The van der Waals surface area contributed by atoms with E-state index in [4.69, 9.17) is 0 Å². The predicted molar refractivity (Wildman–Crippen MR) is 107 cm³/mol. The van der Waals surface area contributed by atoms with E-state index in [0.29, 0.717) is 18.2 Å². The molecule has 2 aromatic rings. The van der Waals surface area contributed by atoms with Gasteiger partial charge in [0.25, 0.3) is 0 Å². The van der Waals surface area contributed by atoms with Crippen molar-refractivity contribution in [3.05, 3.63) is 47.8 Å². The minimum Gasteiger partial charge on any atom is -0.352 e. The van der Waals surface area contributed by atoms with Gasteiger partial charge in [0.2, 0.25) is 0 Å². The smallest absolute Gasteiger partial charge is 0.191 e. The van der Waals surface area contributed by atoms with Crippen molar-refractivity contribution in [2.75, 3.05) is 7.05 Å². The fourth-order valence-corrected chi connectivity index (χ4v) is 2.21. The van der Waals surface area contributed by atoms with Gasteiger partial charge in [0.05, 0.1) is 5.69 Å². The highest BCUT2D eigenvalue weighted by atomic mass is 127. The number of nitrogens with one attached hydrogen (secondary N) is 2. The second-order valence-electron chi connectivity index (χ2n) is 6.43. The number of hydrogen-bond acceptors (Lipinski definition) is 2. The van der Waals surface area contributed by atoms with Gasteiger partial charge in [-0.05, 0) is 45.4 Å². The van der Waals surface area contributed by atoms with Crippen molar-refractivity contribution in [1.82, 2.24) is 20.2 Å². The van der Waals surface area contributed by atoms with Crippen molar-refractivity contribution in [2.24, 2.45) is 4.99 Å². The fraction of sp³-hybridized carbons (Fsp3) is 0.412. The van der Waals surface area contributed by atoms with Gasteiger partial charge in [-0.25, -0.2) is 9.37 Å². The Labute approximate surface area is 159 Å². The lowest BCUT2D eigenvalue weighted by Gasteiger charge is -2.23. The van der Waals surface area contributed by atoms with Gasteiger partial charge in [-0.3, -0.25) is 4.99 Å². The van der Waals surface area contributed by atoms with Crippen LogP contribution >= 0.6 is 24.0 Å². The zero-order valence-corrected chi connectivity index (χ0v) is 17.1. The summed E-state index contributed by atoms with van der Waals surface area (Å²) in [5.41, 5.74) is 1.26. The topological polar surface area (TPSA) is 54.2 Å². The lowest BCUT2D eigenvalue weighted by Crippen LogP contribution is -2.47. The Hall–Kier alpha value is -1.64. The van der Waals surface area contributed by atoms with E-state index < -0.39 is 0 Å². The van der Waals surface area contributed by atoms with E-state index in [1.165, 1.54) is 6.07 Å². The predicted octanol–water partition coefficient (Wildman–Crippen LogP) is 3.40. The van der Waals surface area contributed by atoms with E-state index in [9.17, 15) is 4.39 Å². The molecule has 0 radical (unpaired) electrons. The third-order valence-electron chi connectivity index (χ3n) is 3.27. The maximum absolute atomic E-state index is 14.3. The lowest BCUT2D eigenvalue weighted by molar-refractivity contribution is 0.501. The van der Waals surface area contributed by atoms with Gasteiger partial charge >= 0.3 is 0 Å². The van der Waals surface area contributed by atoms with Gasteiger partial charge in [0.1, 0.15) is 11.6 Å². The van der Waals surface area contributed by atoms with E-state index in [1.54, 1.807) is 30.1 Å². The molecule has 0 atom stereocenters. The first-order valence-electron chi connectivity index (χ1n) is 7.58.